The summed E-state index contributed by atoms with van der Waals surface area (Å²) in [6, 6.07) is 0. The summed E-state index contributed by atoms with van der Waals surface area (Å²) in [7, 11) is 1.79. The summed E-state index contributed by atoms with van der Waals surface area (Å²) < 4.78 is 6.41. The van der Waals surface area contributed by atoms with Crippen molar-refractivity contribution in [3.05, 3.63) is 0 Å². The van der Waals surface area contributed by atoms with Crippen LogP contribution in [0.3, 0.4) is 0 Å². The minimum absolute atomic E-state index is 0.897. The number of rotatable bonds is 8. The average Bonchev–Trinajstić information content (AvgIpc) is 2.15. The Kier molecular flexibility index (Phi) is 7.29. The summed E-state index contributed by atoms with van der Waals surface area (Å²) in [5.74, 6) is 0. The molecule has 80 valence electrons. The van der Waals surface area contributed by atoms with Gasteiger partial charge in [-0.1, -0.05) is 13.8 Å². The van der Waals surface area contributed by atoms with Crippen LogP contribution in [0.1, 0.15) is 33.6 Å². The molecule has 0 saturated carbocycles. The van der Waals surface area contributed by atoms with Crippen molar-refractivity contribution in [2.24, 2.45) is 0 Å². The van der Waals surface area contributed by atoms with E-state index in [-0.39, 0.29) is 0 Å². The maximum atomic E-state index is 5.18. The lowest BCUT2D eigenvalue weighted by Gasteiger charge is -2.37. The molecule has 0 aliphatic heterocycles. The lowest BCUT2D eigenvalue weighted by atomic mass is 10.2. The van der Waals surface area contributed by atoms with Gasteiger partial charge in [0.2, 0.25) is 0 Å². The summed E-state index contributed by atoms with van der Waals surface area (Å²) in [4.78, 5) is 0. The number of methoxy groups -OCH3 is 1. The predicted molar refractivity (Wildman–Crippen MR) is 57.9 cm³/mol. The van der Waals surface area contributed by atoms with Crippen molar-refractivity contribution in [3.63, 3.8) is 0 Å². The van der Waals surface area contributed by atoms with Crippen LogP contribution in [-0.4, -0.2) is 44.4 Å². The fraction of sp³-hybridized carbons (Fsp3) is 1.00. The molecule has 0 heterocycles. The number of ether oxygens (including phenoxy) is 1. The average molecular weight is 188 g/mol. The Hall–Kier alpha value is -0.0800. The van der Waals surface area contributed by atoms with Crippen molar-refractivity contribution < 1.29 is 9.22 Å². The van der Waals surface area contributed by atoms with Crippen molar-refractivity contribution in [1.82, 2.24) is 0 Å². The van der Waals surface area contributed by atoms with Gasteiger partial charge in [-0.2, -0.15) is 0 Å². The molecule has 0 aromatic rings. The summed E-state index contributed by atoms with van der Waals surface area (Å²) >= 11 is 0. The van der Waals surface area contributed by atoms with E-state index in [0.29, 0.717) is 0 Å². The molecule has 0 saturated heterocycles. The third-order valence-corrected chi connectivity index (χ3v) is 2.84. The molecule has 0 amide bonds. The molecule has 13 heavy (non-hydrogen) atoms. The van der Waals surface area contributed by atoms with Crippen molar-refractivity contribution in [3.8, 4) is 0 Å². The molecule has 2 heteroatoms. The zero-order valence-electron chi connectivity index (χ0n) is 9.81. The molecule has 0 aliphatic rings. The van der Waals surface area contributed by atoms with Crippen molar-refractivity contribution in [2.75, 3.05) is 39.9 Å². The summed E-state index contributed by atoms with van der Waals surface area (Å²) in [5.41, 5.74) is 0. The van der Waals surface area contributed by atoms with Gasteiger partial charge in [-0.15, -0.1) is 0 Å². The molecule has 0 radical (unpaired) electrons. The Morgan fingerprint density at radius 1 is 0.923 bits per heavy atom. The van der Waals surface area contributed by atoms with Crippen LogP contribution in [0, 0.1) is 0 Å². The van der Waals surface area contributed by atoms with E-state index in [0.717, 1.165) is 6.61 Å². The van der Waals surface area contributed by atoms with Crippen LogP contribution in [0.5, 0.6) is 0 Å². The summed E-state index contributed by atoms with van der Waals surface area (Å²) in [6.07, 6.45) is 2.55. The third-order valence-electron chi connectivity index (χ3n) is 2.84. The molecule has 0 aromatic heterocycles. The Labute approximate surface area is 83.5 Å². The second kappa shape index (κ2) is 7.34. The molecule has 0 unspecified atom stereocenters. The first-order valence-electron chi connectivity index (χ1n) is 5.58. The fourth-order valence-electron chi connectivity index (χ4n) is 2.04. The van der Waals surface area contributed by atoms with E-state index in [4.69, 9.17) is 4.74 Å². The quantitative estimate of drug-likeness (QED) is 0.531. The van der Waals surface area contributed by atoms with Crippen LogP contribution in [-0.2, 0) is 4.74 Å². The first kappa shape index (κ1) is 12.9. The second-order valence-corrected chi connectivity index (χ2v) is 3.82. The molecule has 0 aliphatic carbocycles. The van der Waals surface area contributed by atoms with Gasteiger partial charge >= 0.3 is 0 Å². The van der Waals surface area contributed by atoms with Gasteiger partial charge in [0, 0.05) is 7.11 Å². The van der Waals surface area contributed by atoms with E-state index in [1.54, 1.807) is 7.11 Å². The zero-order chi connectivity index (χ0) is 10.2. The Morgan fingerprint density at radius 2 is 1.46 bits per heavy atom. The number of hydrogen-bond donors (Lipinski definition) is 0. The lowest BCUT2D eigenvalue weighted by Crippen LogP contribution is -2.50. The van der Waals surface area contributed by atoms with Gasteiger partial charge in [0.25, 0.3) is 0 Å². The highest BCUT2D eigenvalue weighted by molar-refractivity contribution is 4.42. The molecule has 0 fully saturated rings. The van der Waals surface area contributed by atoms with E-state index in [1.165, 1.54) is 43.5 Å². The largest absolute Gasteiger partial charge is 0.379 e. The van der Waals surface area contributed by atoms with E-state index in [2.05, 4.69) is 20.8 Å². The van der Waals surface area contributed by atoms with Crippen molar-refractivity contribution in [1.29, 1.82) is 0 Å². The molecule has 0 spiro atoms. The number of quaternary nitrogens is 1. The minimum Gasteiger partial charge on any atom is -0.379 e. The highest BCUT2D eigenvalue weighted by atomic mass is 16.5. The summed E-state index contributed by atoms with van der Waals surface area (Å²) in [5, 5.41) is 0. The topological polar surface area (TPSA) is 9.23 Å². The third kappa shape index (κ3) is 4.63. The molecular formula is C11H26NO+. The predicted octanol–water partition coefficient (Wildman–Crippen LogP) is 2.29. The van der Waals surface area contributed by atoms with Crippen LogP contribution >= 0.6 is 0 Å². The van der Waals surface area contributed by atoms with Crippen LogP contribution in [0.4, 0.5) is 0 Å². The highest BCUT2D eigenvalue weighted by Crippen LogP contribution is 2.09. The van der Waals surface area contributed by atoms with Gasteiger partial charge < -0.3 is 9.22 Å². The van der Waals surface area contributed by atoms with E-state index >= 15 is 0 Å². The second-order valence-electron chi connectivity index (χ2n) is 3.82. The van der Waals surface area contributed by atoms with Gasteiger partial charge in [0.1, 0.15) is 6.54 Å². The van der Waals surface area contributed by atoms with Gasteiger partial charge in [-0.25, -0.2) is 0 Å². The van der Waals surface area contributed by atoms with Gasteiger partial charge in [-0.05, 0) is 19.8 Å². The monoisotopic (exact) mass is 188 g/mol. The maximum absolute atomic E-state index is 5.18. The Bertz CT molecular complexity index is 109. The van der Waals surface area contributed by atoms with Crippen LogP contribution in [0.15, 0.2) is 0 Å². The van der Waals surface area contributed by atoms with Gasteiger partial charge in [0.15, 0.2) is 0 Å². The van der Waals surface area contributed by atoms with Crippen LogP contribution in [0.2, 0.25) is 0 Å². The molecule has 0 N–H and O–H groups in total. The van der Waals surface area contributed by atoms with Gasteiger partial charge in [-0.3, -0.25) is 0 Å². The van der Waals surface area contributed by atoms with Crippen LogP contribution in [0.25, 0.3) is 0 Å². The number of nitrogens with zero attached hydrogens (tertiary/aromatic N) is 1. The highest BCUT2D eigenvalue weighted by Gasteiger charge is 2.22. The summed E-state index contributed by atoms with van der Waals surface area (Å²) in [6.45, 7) is 12.7. The van der Waals surface area contributed by atoms with Crippen molar-refractivity contribution in [2.45, 2.75) is 33.6 Å². The zero-order valence-corrected chi connectivity index (χ0v) is 9.81. The number of likely N-dealkylation sites (N-methyl/N-ethyl adjacent to an activating group) is 1. The Morgan fingerprint density at radius 3 is 1.77 bits per heavy atom. The van der Waals surface area contributed by atoms with Gasteiger partial charge in [0.05, 0.1) is 26.2 Å². The Balaban J connectivity index is 4.07. The first-order chi connectivity index (χ1) is 6.24. The molecule has 0 rings (SSSR count). The molecule has 0 bridgehead atoms. The standard InChI is InChI=1S/C11H26NO/c1-5-8-12(7-3,9-6-2)10-11-13-4/h5-11H2,1-4H3/q+1. The number of hydrogen-bond acceptors (Lipinski definition) is 1. The van der Waals surface area contributed by atoms with E-state index in [1.807, 2.05) is 0 Å². The fourth-order valence-corrected chi connectivity index (χ4v) is 2.04. The minimum atomic E-state index is 0.897. The van der Waals surface area contributed by atoms with E-state index in [9.17, 15) is 0 Å². The SMILES string of the molecule is CCC[N+](CC)(CCC)CCOC. The molecule has 0 aromatic carbocycles. The first-order valence-corrected chi connectivity index (χ1v) is 5.58. The van der Waals surface area contributed by atoms with Crippen molar-refractivity contribution >= 4 is 0 Å². The lowest BCUT2D eigenvalue weighted by molar-refractivity contribution is -0.926. The molecular weight excluding hydrogens is 162 g/mol. The normalized spacial score (nSPS) is 12.0. The molecule has 0 atom stereocenters. The smallest absolute Gasteiger partial charge is 0.102 e. The molecule has 2 nitrogen and oxygen atoms in total. The maximum Gasteiger partial charge on any atom is 0.102 e. The van der Waals surface area contributed by atoms with E-state index < -0.39 is 0 Å². The van der Waals surface area contributed by atoms with Crippen LogP contribution < -0.4 is 0 Å².